The molecule has 0 aliphatic carbocycles. The van der Waals surface area contributed by atoms with Crippen molar-refractivity contribution in [1.82, 2.24) is 19.7 Å². The van der Waals surface area contributed by atoms with Crippen molar-refractivity contribution in [3.05, 3.63) is 75.9 Å². The van der Waals surface area contributed by atoms with Crippen LogP contribution in [0.1, 0.15) is 60.5 Å². The van der Waals surface area contributed by atoms with Crippen LogP contribution in [0.2, 0.25) is 0 Å². The summed E-state index contributed by atoms with van der Waals surface area (Å²) in [6.45, 7) is 11.2. The summed E-state index contributed by atoms with van der Waals surface area (Å²) in [6, 6.07) is 14.7. The zero-order valence-electron chi connectivity index (χ0n) is 19.9. The number of amides is 2. The molecule has 2 aromatic heterocycles. The SMILES string of the molecule is CCN1CCc2c(sc3c2CN(C(=O)NCCC(C)C)[C@@H](c2ccccc2)c2cccn2-3)C1. The van der Waals surface area contributed by atoms with Gasteiger partial charge >= 0.3 is 6.03 Å². The molecule has 6 heteroatoms. The van der Waals surface area contributed by atoms with E-state index in [4.69, 9.17) is 0 Å². The Kier molecular flexibility index (Phi) is 6.30. The molecule has 3 aromatic rings. The van der Waals surface area contributed by atoms with Crippen molar-refractivity contribution >= 4 is 17.4 Å². The predicted octanol–water partition coefficient (Wildman–Crippen LogP) is 5.58. The minimum atomic E-state index is -0.119. The number of urea groups is 1. The Hall–Kier alpha value is -2.57. The normalized spacial score (nSPS) is 17.9. The highest BCUT2D eigenvalue weighted by atomic mass is 32.1. The van der Waals surface area contributed by atoms with Crippen molar-refractivity contribution < 1.29 is 4.79 Å². The van der Waals surface area contributed by atoms with Crippen LogP contribution in [-0.2, 0) is 19.5 Å². The molecule has 0 saturated carbocycles. The first kappa shape index (κ1) is 22.2. The van der Waals surface area contributed by atoms with E-state index in [1.807, 2.05) is 17.4 Å². The Morgan fingerprint density at radius 3 is 2.70 bits per heavy atom. The fourth-order valence-corrected chi connectivity index (χ4v) is 6.51. The maximum Gasteiger partial charge on any atom is 0.318 e. The van der Waals surface area contributed by atoms with Crippen LogP contribution >= 0.6 is 11.3 Å². The molecule has 0 bridgehead atoms. The molecule has 1 aromatic carbocycles. The van der Waals surface area contributed by atoms with E-state index in [0.29, 0.717) is 19.0 Å². The van der Waals surface area contributed by atoms with Gasteiger partial charge in [0.1, 0.15) is 5.00 Å². The van der Waals surface area contributed by atoms with E-state index in [1.54, 1.807) is 0 Å². The molecule has 1 atom stereocenters. The maximum atomic E-state index is 13.6. The molecule has 33 heavy (non-hydrogen) atoms. The second kappa shape index (κ2) is 9.35. The zero-order valence-corrected chi connectivity index (χ0v) is 20.7. The highest BCUT2D eigenvalue weighted by Gasteiger charge is 2.36. The van der Waals surface area contributed by atoms with Gasteiger partial charge in [-0.15, -0.1) is 11.3 Å². The van der Waals surface area contributed by atoms with Crippen molar-refractivity contribution in [1.29, 1.82) is 0 Å². The summed E-state index contributed by atoms with van der Waals surface area (Å²) >= 11 is 1.91. The van der Waals surface area contributed by atoms with E-state index in [1.165, 1.54) is 21.0 Å². The van der Waals surface area contributed by atoms with E-state index in [2.05, 4.69) is 83.0 Å². The van der Waals surface area contributed by atoms with Crippen molar-refractivity contribution in [3.8, 4) is 5.00 Å². The smallest absolute Gasteiger partial charge is 0.318 e. The van der Waals surface area contributed by atoms with Crippen LogP contribution in [0.3, 0.4) is 0 Å². The first-order valence-electron chi connectivity index (χ1n) is 12.2. The molecule has 2 aliphatic heterocycles. The number of aromatic nitrogens is 1. The Balaban J connectivity index is 1.59. The predicted molar refractivity (Wildman–Crippen MR) is 135 cm³/mol. The van der Waals surface area contributed by atoms with E-state index in [0.717, 1.165) is 43.7 Å². The lowest BCUT2D eigenvalue weighted by Crippen LogP contribution is -2.42. The summed E-state index contributed by atoms with van der Waals surface area (Å²) in [6.07, 6.45) is 4.21. The summed E-state index contributed by atoms with van der Waals surface area (Å²) in [5.41, 5.74) is 5.11. The fourth-order valence-electron chi connectivity index (χ4n) is 5.10. The van der Waals surface area contributed by atoms with E-state index >= 15 is 0 Å². The number of hydrogen-bond acceptors (Lipinski definition) is 3. The fraction of sp³-hybridized carbons (Fsp3) is 0.444. The third-order valence-corrected chi connectivity index (χ3v) is 8.22. The van der Waals surface area contributed by atoms with Gasteiger partial charge in [-0.25, -0.2) is 4.79 Å². The largest absolute Gasteiger partial charge is 0.338 e. The molecule has 5 nitrogen and oxygen atoms in total. The van der Waals surface area contributed by atoms with Gasteiger partial charge in [-0.1, -0.05) is 51.1 Å². The number of hydrogen-bond donors (Lipinski definition) is 1. The summed E-state index contributed by atoms with van der Waals surface area (Å²) in [7, 11) is 0. The first-order valence-corrected chi connectivity index (χ1v) is 13.0. The number of benzene rings is 1. The summed E-state index contributed by atoms with van der Waals surface area (Å²) in [4.78, 5) is 19.7. The molecule has 2 aliphatic rings. The van der Waals surface area contributed by atoms with Crippen molar-refractivity contribution in [2.45, 2.75) is 52.7 Å². The third-order valence-electron chi connectivity index (χ3n) is 6.96. The van der Waals surface area contributed by atoms with Crippen LogP contribution in [0.5, 0.6) is 0 Å². The molecular formula is C27H34N4OS. The van der Waals surface area contributed by atoms with Gasteiger partial charge in [-0.3, -0.25) is 4.90 Å². The lowest BCUT2D eigenvalue weighted by molar-refractivity contribution is 0.179. The van der Waals surface area contributed by atoms with E-state index < -0.39 is 0 Å². The van der Waals surface area contributed by atoms with Crippen LogP contribution in [0, 0.1) is 5.92 Å². The number of likely N-dealkylation sites (N-methyl/N-ethyl adjacent to an activating group) is 1. The minimum absolute atomic E-state index is 0.0241. The molecule has 4 heterocycles. The van der Waals surface area contributed by atoms with Crippen molar-refractivity contribution in [3.63, 3.8) is 0 Å². The molecule has 5 rings (SSSR count). The van der Waals surface area contributed by atoms with Gasteiger partial charge in [-0.05, 0) is 48.6 Å². The highest BCUT2D eigenvalue weighted by Crippen LogP contribution is 2.43. The highest BCUT2D eigenvalue weighted by molar-refractivity contribution is 7.15. The Labute approximate surface area is 201 Å². The van der Waals surface area contributed by atoms with Crippen LogP contribution < -0.4 is 5.32 Å². The Morgan fingerprint density at radius 2 is 1.94 bits per heavy atom. The molecule has 2 amide bonds. The molecule has 0 unspecified atom stereocenters. The minimum Gasteiger partial charge on any atom is -0.338 e. The van der Waals surface area contributed by atoms with Gasteiger partial charge in [0.05, 0.1) is 18.3 Å². The van der Waals surface area contributed by atoms with Gasteiger partial charge in [0, 0.05) is 36.3 Å². The molecular weight excluding hydrogens is 428 g/mol. The maximum absolute atomic E-state index is 13.6. The number of carbonyl (C=O) groups is 1. The van der Waals surface area contributed by atoms with Crippen molar-refractivity contribution in [2.24, 2.45) is 5.92 Å². The topological polar surface area (TPSA) is 40.5 Å². The van der Waals surface area contributed by atoms with Gasteiger partial charge in [0.2, 0.25) is 0 Å². The molecule has 0 fully saturated rings. The van der Waals surface area contributed by atoms with Crippen LogP contribution in [-0.4, -0.2) is 40.0 Å². The number of carbonyl (C=O) groups excluding carboxylic acids is 1. The van der Waals surface area contributed by atoms with Crippen LogP contribution in [0.15, 0.2) is 48.7 Å². The van der Waals surface area contributed by atoms with E-state index in [9.17, 15) is 4.79 Å². The van der Waals surface area contributed by atoms with Gasteiger partial charge in [0.25, 0.3) is 0 Å². The summed E-state index contributed by atoms with van der Waals surface area (Å²) < 4.78 is 2.34. The van der Waals surface area contributed by atoms with Gasteiger partial charge < -0.3 is 14.8 Å². The second-order valence-corrected chi connectivity index (χ2v) is 10.6. The van der Waals surface area contributed by atoms with E-state index in [-0.39, 0.29) is 12.1 Å². The van der Waals surface area contributed by atoms with Crippen LogP contribution in [0.4, 0.5) is 4.79 Å². The van der Waals surface area contributed by atoms with Crippen molar-refractivity contribution in [2.75, 3.05) is 19.6 Å². The van der Waals surface area contributed by atoms with Gasteiger partial charge in [0.15, 0.2) is 0 Å². The monoisotopic (exact) mass is 462 g/mol. The zero-order chi connectivity index (χ0) is 22.9. The second-order valence-electron chi connectivity index (χ2n) is 9.56. The quantitative estimate of drug-likeness (QED) is 0.538. The number of nitrogens with zero attached hydrogens (tertiary/aromatic N) is 3. The molecule has 174 valence electrons. The first-order chi connectivity index (χ1) is 16.1. The Morgan fingerprint density at radius 1 is 1.12 bits per heavy atom. The number of nitrogens with one attached hydrogen (secondary N) is 1. The molecule has 0 spiro atoms. The molecule has 0 saturated heterocycles. The molecule has 1 N–H and O–H groups in total. The lowest BCUT2D eigenvalue weighted by Gasteiger charge is -2.32. The Bertz CT molecular complexity index is 1120. The third kappa shape index (κ3) is 4.22. The lowest BCUT2D eigenvalue weighted by atomic mass is 10.00. The molecule has 0 radical (unpaired) electrons. The van der Waals surface area contributed by atoms with Crippen LogP contribution in [0.25, 0.3) is 5.00 Å². The average molecular weight is 463 g/mol. The summed E-state index contributed by atoms with van der Waals surface area (Å²) in [5.74, 6) is 0.564. The van der Waals surface area contributed by atoms with Gasteiger partial charge in [-0.2, -0.15) is 0 Å². The number of thiophene rings is 1. The standard InChI is InChI=1S/C27H34N4OS/c1-4-29-16-13-21-22-17-31(27(32)28-14-12-19(2)3)25(20-9-6-5-7-10-20)23-11-8-15-30(23)26(22)33-24(21)18-29/h5-11,15,19,25H,4,12-14,16-18H2,1-3H3,(H,28,32)/t25-/m0/s1. The number of fused-ring (bicyclic) bond motifs is 5. The summed E-state index contributed by atoms with van der Waals surface area (Å²) in [5, 5.41) is 4.51. The average Bonchev–Trinajstić information content (AvgIpc) is 3.40. The number of rotatable bonds is 5.